The van der Waals surface area contributed by atoms with Crippen LogP contribution in [0.1, 0.15) is 40.4 Å². The lowest BCUT2D eigenvalue weighted by atomic mass is 10.1. The van der Waals surface area contributed by atoms with Gasteiger partial charge in [0.2, 0.25) is 0 Å². The molecule has 1 amide bonds. The van der Waals surface area contributed by atoms with Crippen LogP contribution in [0.25, 0.3) is 0 Å². The van der Waals surface area contributed by atoms with Gasteiger partial charge in [-0.05, 0) is 32.9 Å². The van der Waals surface area contributed by atoms with Gasteiger partial charge in [0, 0.05) is 13.1 Å². The highest BCUT2D eigenvalue weighted by Gasteiger charge is 2.31. The molecule has 1 N–H and O–H groups in total. The predicted molar refractivity (Wildman–Crippen MR) is 71.9 cm³/mol. The summed E-state index contributed by atoms with van der Waals surface area (Å²) >= 11 is 0. The molecule has 1 aromatic rings. The van der Waals surface area contributed by atoms with Crippen molar-refractivity contribution in [3.8, 4) is 0 Å². The maximum atomic E-state index is 12.4. The van der Waals surface area contributed by atoms with E-state index in [0.717, 1.165) is 0 Å². The maximum absolute atomic E-state index is 12.4. The van der Waals surface area contributed by atoms with Gasteiger partial charge in [-0.3, -0.25) is 4.79 Å². The first-order valence-corrected chi connectivity index (χ1v) is 6.44. The van der Waals surface area contributed by atoms with Gasteiger partial charge in [0.1, 0.15) is 5.69 Å². The Morgan fingerprint density at radius 1 is 1.40 bits per heavy atom. The van der Waals surface area contributed by atoms with Gasteiger partial charge in [0.05, 0.1) is 23.5 Å². The van der Waals surface area contributed by atoms with Crippen LogP contribution in [0.2, 0.25) is 0 Å². The van der Waals surface area contributed by atoms with Gasteiger partial charge in [-0.25, -0.2) is 9.78 Å². The molecule has 6 heteroatoms. The number of ether oxygens (including phenoxy) is 1. The Labute approximate surface area is 117 Å². The Morgan fingerprint density at radius 3 is 2.65 bits per heavy atom. The van der Waals surface area contributed by atoms with Gasteiger partial charge >= 0.3 is 5.97 Å². The smallest absolute Gasteiger partial charge is 0.337 e. The Hall–Kier alpha value is -1.95. The molecule has 108 valence electrons. The first kappa shape index (κ1) is 14.5. The fourth-order valence-electron chi connectivity index (χ4n) is 2.26. The molecule has 20 heavy (non-hydrogen) atoms. The van der Waals surface area contributed by atoms with Gasteiger partial charge in [-0.1, -0.05) is 0 Å². The van der Waals surface area contributed by atoms with Gasteiger partial charge in [-0.15, -0.1) is 0 Å². The molecule has 0 bridgehead atoms. The van der Waals surface area contributed by atoms with Gasteiger partial charge in [0.25, 0.3) is 5.91 Å². The Bertz CT molecular complexity index is 554. The van der Waals surface area contributed by atoms with E-state index in [1.54, 1.807) is 11.8 Å². The normalized spacial score (nSPS) is 17.9. The van der Waals surface area contributed by atoms with Crippen molar-refractivity contribution in [3.05, 3.63) is 29.1 Å². The summed E-state index contributed by atoms with van der Waals surface area (Å²) in [5.41, 5.74) is 0.356. The van der Waals surface area contributed by atoms with E-state index in [9.17, 15) is 9.59 Å². The minimum Gasteiger partial charge on any atom is -0.478 e. The predicted octanol–water partition coefficient (Wildman–Crippen LogP) is 1.34. The van der Waals surface area contributed by atoms with Crippen LogP contribution < -0.4 is 0 Å². The zero-order chi connectivity index (χ0) is 14.9. The van der Waals surface area contributed by atoms with Crippen molar-refractivity contribution in [2.75, 3.05) is 19.7 Å². The first-order valence-electron chi connectivity index (χ1n) is 6.44. The lowest BCUT2D eigenvalue weighted by molar-refractivity contribution is -0.0765. The van der Waals surface area contributed by atoms with E-state index in [4.69, 9.17) is 9.84 Å². The SMILES string of the molecule is Cc1nc(C(=O)N2CCOC(C)(C)C2)ccc1C(=O)O. The highest BCUT2D eigenvalue weighted by molar-refractivity contribution is 5.94. The molecule has 0 spiro atoms. The van der Waals surface area contributed by atoms with Crippen LogP contribution in [-0.2, 0) is 4.74 Å². The van der Waals surface area contributed by atoms with Crippen LogP contribution in [0.3, 0.4) is 0 Å². The first-order chi connectivity index (χ1) is 9.30. The molecule has 2 heterocycles. The standard InChI is InChI=1S/C14H18N2O4/c1-9-10(13(18)19)4-5-11(15-9)12(17)16-6-7-20-14(2,3)8-16/h4-5H,6-8H2,1-3H3,(H,18,19). The number of aromatic nitrogens is 1. The molecular weight excluding hydrogens is 260 g/mol. The van der Waals surface area contributed by atoms with E-state index in [2.05, 4.69) is 4.98 Å². The zero-order valence-corrected chi connectivity index (χ0v) is 11.8. The van der Waals surface area contributed by atoms with Crippen LogP contribution in [0.15, 0.2) is 12.1 Å². The van der Waals surface area contributed by atoms with Crippen LogP contribution in [0, 0.1) is 6.92 Å². The summed E-state index contributed by atoms with van der Waals surface area (Å²) in [7, 11) is 0. The van der Waals surface area contributed by atoms with Crippen LogP contribution in [0.5, 0.6) is 0 Å². The number of carbonyl (C=O) groups excluding carboxylic acids is 1. The highest BCUT2D eigenvalue weighted by atomic mass is 16.5. The summed E-state index contributed by atoms with van der Waals surface area (Å²) in [6.07, 6.45) is 0. The molecule has 1 aromatic heterocycles. The molecule has 0 aromatic carbocycles. The van der Waals surface area contributed by atoms with E-state index in [1.165, 1.54) is 12.1 Å². The number of rotatable bonds is 2. The molecule has 1 aliphatic rings. The van der Waals surface area contributed by atoms with Crippen LogP contribution in [0.4, 0.5) is 0 Å². The van der Waals surface area contributed by atoms with E-state index in [0.29, 0.717) is 25.4 Å². The highest BCUT2D eigenvalue weighted by Crippen LogP contribution is 2.18. The number of pyridine rings is 1. The second kappa shape index (κ2) is 5.20. The van der Waals surface area contributed by atoms with E-state index < -0.39 is 5.97 Å². The molecule has 0 radical (unpaired) electrons. The number of hydrogen-bond donors (Lipinski definition) is 1. The van der Waals surface area contributed by atoms with Gasteiger partial charge in [0.15, 0.2) is 0 Å². The Kier molecular flexibility index (Phi) is 3.76. The summed E-state index contributed by atoms with van der Waals surface area (Å²) in [5.74, 6) is -1.23. The van der Waals surface area contributed by atoms with Crippen LogP contribution >= 0.6 is 0 Å². The van der Waals surface area contributed by atoms with Crippen molar-refractivity contribution in [2.45, 2.75) is 26.4 Å². The number of hydrogen-bond acceptors (Lipinski definition) is 4. The third-order valence-electron chi connectivity index (χ3n) is 3.25. The fourth-order valence-corrected chi connectivity index (χ4v) is 2.26. The van der Waals surface area contributed by atoms with E-state index in [1.807, 2.05) is 13.8 Å². The van der Waals surface area contributed by atoms with Crippen molar-refractivity contribution in [1.82, 2.24) is 9.88 Å². The van der Waals surface area contributed by atoms with Crippen molar-refractivity contribution >= 4 is 11.9 Å². The monoisotopic (exact) mass is 278 g/mol. The van der Waals surface area contributed by atoms with Crippen molar-refractivity contribution in [3.63, 3.8) is 0 Å². The van der Waals surface area contributed by atoms with Crippen LogP contribution in [-0.4, -0.2) is 52.2 Å². The van der Waals surface area contributed by atoms with Gasteiger partial charge < -0.3 is 14.7 Å². The molecule has 1 fully saturated rings. The number of carboxylic acids is 1. The van der Waals surface area contributed by atoms with Crippen molar-refractivity contribution < 1.29 is 19.4 Å². The maximum Gasteiger partial charge on any atom is 0.337 e. The van der Waals surface area contributed by atoms with Gasteiger partial charge in [-0.2, -0.15) is 0 Å². The Morgan fingerprint density at radius 2 is 2.10 bits per heavy atom. The number of nitrogens with zero attached hydrogens (tertiary/aromatic N) is 2. The number of morpholine rings is 1. The van der Waals surface area contributed by atoms with Crippen molar-refractivity contribution in [1.29, 1.82) is 0 Å². The zero-order valence-electron chi connectivity index (χ0n) is 11.8. The molecule has 0 aliphatic carbocycles. The molecule has 1 saturated heterocycles. The number of aromatic carboxylic acids is 1. The average molecular weight is 278 g/mol. The molecule has 6 nitrogen and oxygen atoms in total. The summed E-state index contributed by atoms with van der Waals surface area (Å²) in [5, 5.41) is 8.96. The minimum atomic E-state index is -1.04. The number of amides is 1. The number of carbonyl (C=O) groups is 2. The summed E-state index contributed by atoms with van der Waals surface area (Å²) in [6.45, 7) is 6.95. The lowest BCUT2D eigenvalue weighted by Crippen LogP contribution is -2.50. The summed E-state index contributed by atoms with van der Waals surface area (Å²) in [6, 6.07) is 2.88. The molecule has 0 unspecified atom stereocenters. The summed E-state index contributed by atoms with van der Waals surface area (Å²) in [4.78, 5) is 29.1. The topological polar surface area (TPSA) is 79.7 Å². The van der Waals surface area contributed by atoms with E-state index >= 15 is 0 Å². The second-order valence-electron chi connectivity index (χ2n) is 5.47. The molecule has 0 saturated carbocycles. The molecule has 1 aliphatic heterocycles. The van der Waals surface area contributed by atoms with E-state index in [-0.39, 0.29) is 22.8 Å². The number of aryl methyl sites for hydroxylation is 1. The molecule has 0 atom stereocenters. The molecular formula is C14H18N2O4. The minimum absolute atomic E-state index is 0.115. The number of carboxylic acid groups (broad SMARTS) is 1. The second-order valence-corrected chi connectivity index (χ2v) is 5.47. The fraction of sp³-hybridized carbons (Fsp3) is 0.500. The van der Waals surface area contributed by atoms with Crippen molar-refractivity contribution in [2.24, 2.45) is 0 Å². The Balaban J connectivity index is 2.21. The third kappa shape index (κ3) is 2.96. The largest absolute Gasteiger partial charge is 0.478 e. The average Bonchev–Trinajstić information content (AvgIpc) is 2.36. The third-order valence-corrected chi connectivity index (χ3v) is 3.25. The lowest BCUT2D eigenvalue weighted by Gasteiger charge is -2.38. The summed E-state index contributed by atoms with van der Waals surface area (Å²) < 4.78 is 5.56. The quantitative estimate of drug-likeness (QED) is 0.883. The molecule has 2 rings (SSSR count).